The molecule has 0 spiro atoms. The summed E-state index contributed by atoms with van der Waals surface area (Å²) in [7, 11) is -4.01. The van der Waals surface area contributed by atoms with Crippen LogP contribution in [0.1, 0.15) is 11.1 Å². The molecular formula is C17H19NO5S. The van der Waals surface area contributed by atoms with Crippen molar-refractivity contribution in [2.45, 2.75) is 24.5 Å². The van der Waals surface area contributed by atoms with Gasteiger partial charge >= 0.3 is 0 Å². The van der Waals surface area contributed by atoms with Gasteiger partial charge in [-0.05, 0) is 24.6 Å². The molecule has 0 saturated heterocycles. The zero-order valence-electron chi connectivity index (χ0n) is 13.2. The lowest BCUT2D eigenvalue weighted by molar-refractivity contribution is -0.130. The molecule has 0 saturated carbocycles. The minimum Gasteiger partial charge on any atom is -0.381 e. The van der Waals surface area contributed by atoms with Gasteiger partial charge in [-0.15, -0.1) is 0 Å². The molecule has 0 heterocycles. The van der Waals surface area contributed by atoms with Gasteiger partial charge < -0.3 is 10.4 Å². The summed E-state index contributed by atoms with van der Waals surface area (Å²) in [4.78, 5) is 11.8. The summed E-state index contributed by atoms with van der Waals surface area (Å²) in [5.74, 6) is -0.696. The Kier molecular flexibility index (Phi) is 6.08. The molecule has 0 aliphatic heterocycles. The fourth-order valence-electron chi connectivity index (χ4n) is 1.91. The van der Waals surface area contributed by atoms with Crippen molar-refractivity contribution in [1.82, 2.24) is 5.32 Å². The smallest absolute Gasteiger partial charge is 0.297 e. The molecule has 24 heavy (non-hydrogen) atoms. The van der Waals surface area contributed by atoms with Crippen LogP contribution in [-0.4, -0.2) is 32.1 Å². The molecule has 1 atom stereocenters. The largest absolute Gasteiger partial charge is 0.381 e. The molecule has 0 aliphatic carbocycles. The molecule has 1 amide bonds. The van der Waals surface area contributed by atoms with Crippen molar-refractivity contribution >= 4 is 16.0 Å². The number of aliphatic hydroxyl groups excluding tert-OH is 1. The van der Waals surface area contributed by atoms with E-state index in [4.69, 9.17) is 4.18 Å². The second-order valence-electron chi connectivity index (χ2n) is 5.27. The second-order valence-corrected chi connectivity index (χ2v) is 6.89. The van der Waals surface area contributed by atoms with E-state index in [0.717, 1.165) is 11.1 Å². The Hall–Kier alpha value is -2.22. The first kappa shape index (κ1) is 18.1. The first-order chi connectivity index (χ1) is 11.4. The predicted octanol–water partition coefficient (Wildman–Crippen LogP) is 1.38. The van der Waals surface area contributed by atoms with Crippen LogP contribution in [0.3, 0.4) is 0 Å². The van der Waals surface area contributed by atoms with E-state index in [-0.39, 0.29) is 11.4 Å². The molecule has 0 fully saturated rings. The van der Waals surface area contributed by atoms with E-state index in [9.17, 15) is 18.3 Å². The van der Waals surface area contributed by atoms with Crippen molar-refractivity contribution in [3.63, 3.8) is 0 Å². The Morgan fingerprint density at radius 1 is 1.12 bits per heavy atom. The number of hydrogen-bond donors (Lipinski definition) is 2. The second kappa shape index (κ2) is 8.05. The Bertz CT molecular complexity index is 772. The maximum Gasteiger partial charge on any atom is 0.297 e. The summed E-state index contributed by atoms with van der Waals surface area (Å²) in [5, 5.41) is 12.3. The first-order valence-electron chi connectivity index (χ1n) is 7.34. The van der Waals surface area contributed by atoms with Gasteiger partial charge in [0.05, 0.1) is 4.90 Å². The topological polar surface area (TPSA) is 92.7 Å². The summed E-state index contributed by atoms with van der Waals surface area (Å²) in [6.07, 6.45) is -1.58. The van der Waals surface area contributed by atoms with Crippen LogP contribution < -0.4 is 5.32 Å². The highest BCUT2D eigenvalue weighted by molar-refractivity contribution is 7.86. The van der Waals surface area contributed by atoms with Gasteiger partial charge in [0.1, 0.15) is 6.61 Å². The Morgan fingerprint density at radius 3 is 2.38 bits per heavy atom. The maximum atomic E-state index is 12.0. The molecule has 6 nitrogen and oxygen atoms in total. The van der Waals surface area contributed by atoms with Gasteiger partial charge in [-0.25, -0.2) is 0 Å². The molecule has 2 rings (SSSR count). The molecule has 128 valence electrons. The number of carbonyl (C=O) groups excluding carboxylic acids is 1. The van der Waals surface area contributed by atoms with Crippen molar-refractivity contribution < 1.29 is 22.5 Å². The van der Waals surface area contributed by atoms with Crippen LogP contribution in [0, 0.1) is 6.92 Å². The predicted molar refractivity (Wildman–Crippen MR) is 88.6 cm³/mol. The van der Waals surface area contributed by atoms with Crippen LogP contribution in [0.25, 0.3) is 0 Å². The fraction of sp³-hybridized carbons (Fsp3) is 0.235. The van der Waals surface area contributed by atoms with Crippen molar-refractivity contribution in [2.24, 2.45) is 0 Å². The minimum absolute atomic E-state index is 0.0232. The van der Waals surface area contributed by atoms with Crippen LogP contribution in [0.15, 0.2) is 59.5 Å². The normalized spacial score (nSPS) is 12.6. The number of aliphatic hydroxyl groups is 1. The number of hydrogen-bond acceptors (Lipinski definition) is 5. The highest BCUT2D eigenvalue weighted by Gasteiger charge is 2.21. The number of aryl methyl sites for hydroxylation is 1. The van der Waals surface area contributed by atoms with E-state index < -0.39 is 28.7 Å². The Balaban J connectivity index is 1.86. The van der Waals surface area contributed by atoms with Gasteiger partial charge in [0.15, 0.2) is 6.10 Å². The number of rotatable bonds is 7. The van der Waals surface area contributed by atoms with E-state index in [1.807, 2.05) is 37.3 Å². The van der Waals surface area contributed by atoms with E-state index in [1.165, 1.54) is 12.1 Å². The van der Waals surface area contributed by atoms with Crippen LogP contribution in [-0.2, 0) is 25.6 Å². The summed E-state index contributed by atoms with van der Waals surface area (Å²) in [6, 6.07) is 15.3. The minimum atomic E-state index is -4.01. The number of carbonyl (C=O) groups is 1. The lowest BCUT2D eigenvalue weighted by atomic mass is 10.2. The molecule has 2 aromatic carbocycles. The summed E-state index contributed by atoms with van der Waals surface area (Å²) in [6.45, 7) is 1.43. The van der Waals surface area contributed by atoms with Gasteiger partial charge in [-0.3, -0.25) is 8.98 Å². The third-order valence-electron chi connectivity index (χ3n) is 3.30. The average Bonchev–Trinajstić information content (AvgIpc) is 2.59. The quantitative estimate of drug-likeness (QED) is 0.737. The monoisotopic (exact) mass is 349 g/mol. The molecule has 7 heteroatoms. The maximum absolute atomic E-state index is 12.0. The van der Waals surface area contributed by atoms with E-state index in [0.29, 0.717) is 0 Å². The zero-order chi connectivity index (χ0) is 17.6. The van der Waals surface area contributed by atoms with Crippen LogP contribution in [0.4, 0.5) is 0 Å². The van der Waals surface area contributed by atoms with Crippen LogP contribution >= 0.6 is 0 Å². The molecule has 0 unspecified atom stereocenters. The molecular weight excluding hydrogens is 330 g/mol. The molecule has 0 aliphatic rings. The lowest BCUT2D eigenvalue weighted by Gasteiger charge is -2.12. The highest BCUT2D eigenvalue weighted by Crippen LogP contribution is 2.13. The number of benzene rings is 2. The third-order valence-corrected chi connectivity index (χ3v) is 4.60. The van der Waals surface area contributed by atoms with Gasteiger partial charge in [-0.2, -0.15) is 8.42 Å². The van der Waals surface area contributed by atoms with E-state index in [2.05, 4.69) is 5.32 Å². The van der Waals surface area contributed by atoms with Crippen molar-refractivity contribution in [3.8, 4) is 0 Å². The van der Waals surface area contributed by atoms with Crippen molar-refractivity contribution in [2.75, 3.05) is 6.61 Å². The fourth-order valence-corrected chi connectivity index (χ4v) is 2.82. The molecule has 0 aromatic heterocycles. The Morgan fingerprint density at radius 2 is 1.75 bits per heavy atom. The van der Waals surface area contributed by atoms with Gasteiger partial charge in [0, 0.05) is 6.54 Å². The van der Waals surface area contributed by atoms with Crippen LogP contribution in [0.5, 0.6) is 0 Å². The Labute approximate surface area is 141 Å². The van der Waals surface area contributed by atoms with Gasteiger partial charge in [0.25, 0.3) is 16.0 Å². The number of nitrogens with one attached hydrogen (secondary N) is 1. The molecule has 2 N–H and O–H groups in total. The van der Waals surface area contributed by atoms with Crippen molar-refractivity contribution in [1.29, 1.82) is 0 Å². The highest BCUT2D eigenvalue weighted by atomic mass is 32.2. The summed E-state index contributed by atoms with van der Waals surface area (Å²) in [5.41, 5.74) is 1.78. The van der Waals surface area contributed by atoms with Gasteiger partial charge in [-0.1, -0.05) is 48.0 Å². The SMILES string of the molecule is Cc1ccc(S(=O)(=O)OC[C@H](O)C(=O)NCc2ccccc2)cc1. The third kappa shape index (κ3) is 5.16. The van der Waals surface area contributed by atoms with E-state index in [1.54, 1.807) is 12.1 Å². The summed E-state index contributed by atoms with van der Waals surface area (Å²) >= 11 is 0. The molecule has 2 aromatic rings. The first-order valence-corrected chi connectivity index (χ1v) is 8.75. The van der Waals surface area contributed by atoms with Crippen molar-refractivity contribution in [3.05, 3.63) is 65.7 Å². The van der Waals surface area contributed by atoms with Crippen LogP contribution in [0.2, 0.25) is 0 Å². The summed E-state index contributed by atoms with van der Waals surface area (Å²) < 4.78 is 28.7. The standard InChI is InChI=1S/C17H19NO5S/c1-13-7-9-15(10-8-13)24(21,22)23-12-16(19)17(20)18-11-14-5-3-2-4-6-14/h2-10,16,19H,11-12H2,1H3,(H,18,20)/t16-/m0/s1. The van der Waals surface area contributed by atoms with E-state index >= 15 is 0 Å². The molecule has 0 bridgehead atoms. The number of amides is 1. The lowest BCUT2D eigenvalue weighted by Crippen LogP contribution is -2.37. The average molecular weight is 349 g/mol. The van der Waals surface area contributed by atoms with Gasteiger partial charge in [0.2, 0.25) is 0 Å². The zero-order valence-corrected chi connectivity index (χ0v) is 14.0. The molecule has 0 radical (unpaired) electrons.